The third kappa shape index (κ3) is 5.81. The molecule has 0 amide bonds. The summed E-state index contributed by atoms with van der Waals surface area (Å²) in [6.45, 7) is 2.27. The molecule has 2 aromatic rings. The zero-order valence-electron chi connectivity index (χ0n) is 17.5. The van der Waals surface area contributed by atoms with Crippen LogP contribution in [0.5, 0.6) is 5.75 Å². The standard InChI is InChI=1S/C19H21FN2O3S.C2HF3O2/c1-21-13-19(25-17-7-2-3-8-18(17)26(21,23)24)9-10-22(14-19)12-15-5-4-6-16(20)11-15;3-2(4,5)1(6)7/h2-8,11H,9-10,12-14H2,1H3;(H,6,7). The quantitative estimate of drug-likeness (QED) is 0.651. The molecule has 0 aliphatic carbocycles. The largest absolute Gasteiger partial charge is 0.490 e. The molecular formula is C21H22F4N2O5S. The predicted octanol–water partition coefficient (Wildman–Crippen LogP) is 3.12. The minimum atomic E-state index is -5.08. The average Bonchev–Trinajstić information content (AvgIpc) is 3.06. The molecule has 0 aromatic heterocycles. The van der Waals surface area contributed by atoms with Crippen molar-refractivity contribution in [2.75, 3.05) is 26.7 Å². The first-order valence-electron chi connectivity index (χ1n) is 9.84. The van der Waals surface area contributed by atoms with E-state index >= 15 is 0 Å². The highest BCUT2D eigenvalue weighted by Gasteiger charge is 2.46. The SMILES string of the molecule is CN1CC2(CCN(Cc3cccc(F)c3)C2)Oc2ccccc2S1(=O)=O.O=C(O)C(F)(F)F. The van der Waals surface area contributed by atoms with Gasteiger partial charge in [-0.05, 0) is 29.8 Å². The molecule has 7 nitrogen and oxygen atoms in total. The number of fused-ring (bicyclic) bond motifs is 1. The second kappa shape index (κ2) is 9.27. The number of halogens is 4. The third-order valence-electron chi connectivity index (χ3n) is 5.31. The van der Waals surface area contributed by atoms with Crippen LogP contribution in [0.3, 0.4) is 0 Å². The zero-order valence-corrected chi connectivity index (χ0v) is 18.4. The Morgan fingerprint density at radius 3 is 2.45 bits per heavy atom. The molecule has 0 radical (unpaired) electrons. The number of alkyl halides is 3. The van der Waals surface area contributed by atoms with Gasteiger partial charge < -0.3 is 9.84 Å². The van der Waals surface area contributed by atoms with Gasteiger partial charge in [0.2, 0.25) is 10.0 Å². The van der Waals surface area contributed by atoms with Gasteiger partial charge in [0, 0.05) is 33.1 Å². The number of nitrogens with zero attached hydrogens (tertiary/aromatic N) is 2. The van der Waals surface area contributed by atoms with E-state index in [1.165, 1.54) is 16.4 Å². The first kappa shape index (κ1) is 24.9. The van der Waals surface area contributed by atoms with Gasteiger partial charge in [-0.2, -0.15) is 17.5 Å². The summed E-state index contributed by atoms with van der Waals surface area (Å²) in [6.07, 6.45) is -4.36. The fourth-order valence-corrected chi connectivity index (χ4v) is 5.20. The van der Waals surface area contributed by atoms with Gasteiger partial charge in [0.15, 0.2) is 0 Å². The number of carboxylic acids is 1. The summed E-state index contributed by atoms with van der Waals surface area (Å²) >= 11 is 0. The second-order valence-corrected chi connectivity index (χ2v) is 9.90. The Balaban J connectivity index is 0.000000383. The van der Waals surface area contributed by atoms with Gasteiger partial charge in [-0.1, -0.05) is 24.3 Å². The number of hydrogen-bond acceptors (Lipinski definition) is 5. The molecule has 2 aliphatic heterocycles. The molecular weight excluding hydrogens is 468 g/mol. The molecule has 12 heteroatoms. The van der Waals surface area contributed by atoms with Crippen LogP contribution >= 0.6 is 0 Å². The maximum Gasteiger partial charge on any atom is 0.490 e. The van der Waals surface area contributed by atoms with Crippen molar-refractivity contribution in [2.24, 2.45) is 0 Å². The molecule has 1 unspecified atom stereocenters. The minimum absolute atomic E-state index is 0.211. The number of aliphatic carboxylic acids is 1. The molecule has 4 rings (SSSR count). The van der Waals surface area contributed by atoms with Crippen LogP contribution in [0.25, 0.3) is 0 Å². The van der Waals surface area contributed by atoms with Crippen molar-refractivity contribution in [1.29, 1.82) is 0 Å². The van der Waals surface area contributed by atoms with Gasteiger partial charge in [-0.15, -0.1) is 0 Å². The average molecular weight is 490 g/mol. The van der Waals surface area contributed by atoms with Crippen LogP contribution in [0, 0.1) is 5.82 Å². The highest BCUT2D eigenvalue weighted by atomic mass is 32.2. The summed E-state index contributed by atoms with van der Waals surface area (Å²) in [6, 6.07) is 13.3. The van der Waals surface area contributed by atoms with Gasteiger partial charge in [0.25, 0.3) is 0 Å². The van der Waals surface area contributed by atoms with E-state index in [2.05, 4.69) is 4.90 Å². The number of likely N-dealkylation sites (tertiary alicyclic amines) is 1. The van der Waals surface area contributed by atoms with Gasteiger partial charge in [-0.3, -0.25) is 4.90 Å². The first-order valence-corrected chi connectivity index (χ1v) is 11.3. The third-order valence-corrected chi connectivity index (χ3v) is 7.15. The fraction of sp³-hybridized carbons (Fsp3) is 0.381. The van der Waals surface area contributed by atoms with Crippen molar-refractivity contribution < 1.29 is 40.6 Å². The lowest BCUT2D eigenvalue weighted by atomic mass is 10.0. The second-order valence-electron chi connectivity index (χ2n) is 7.89. The molecule has 1 N–H and O–H groups in total. The predicted molar refractivity (Wildman–Crippen MR) is 110 cm³/mol. The first-order chi connectivity index (χ1) is 15.3. The number of hydrogen-bond donors (Lipinski definition) is 1. The number of benzene rings is 2. The van der Waals surface area contributed by atoms with Crippen molar-refractivity contribution in [3.63, 3.8) is 0 Å². The van der Waals surface area contributed by atoms with Crippen molar-refractivity contribution in [3.05, 3.63) is 59.9 Å². The van der Waals surface area contributed by atoms with Crippen LogP contribution in [0.15, 0.2) is 53.4 Å². The normalized spacial score (nSPS) is 22.6. The van der Waals surface area contributed by atoms with E-state index in [0.29, 0.717) is 25.4 Å². The molecule has 2 aromatic carbocycles. The van der Waals surface area contributed by atoms with E-state index in [0.717, 1.165) is 18.5 Å². The Morgan fingerprint density at radius 1 is 1.15 bits per heavy atom. The lowest BCUT2D eigenvalue weighted by Gasteiger charge is -2.30. The van der Waals surface area contributed by atoms with Crippen molar-refractivity contribution >= 4 is 16.0 Å². The lowest BCUT2D eigenvalue weighted by Crippen LogP contribution is -2.47. The highest BCUT2D eigenvalue weighted by Crippen LogP contribution is 2.38. The van der Waals surface area contributed by atoms with Crippen LogP contribution in [0.4, 0.5) is 17.6 Å². The Morgan fingerprint density at radius 2 is 1.82 bits per heavy atom. The summed E-state index contributed by atoms with van der Waals surface area (Å²) in [5.74, 6) is -2.60. The van der Waals surface area contributed by atoms with E-state index in [-0.39, 0.29) is 10.7 Å². The van der Waals surface area contributed by atoms with Crippen LogP contribution in [-0.4, -0.2) is 67.2 Å². The minimum Gasteiger partial charge on any atom is -0.483 e. The van der Waals surface area contributed by atoms with Gasteiger partial charge in [0.05, 0.1) is 6.54 Å². The number of ether oxygens (including phenoxy) is 1. The van der Waals surface area contributed by atoms with E-state index < -0.39 is 27.8 Å². The molecule has 180 valence electrons. The van der Waals surface area contributed by atoms with E-state index in [1.807, 2.05) is 6.07 Å². The molecule has 2 aliphatic rings. The topological polar surface area (TPSA) is 87.2 Å². The molecule has 0 saturated carbocycles. The molecule has 1 spiro atoms. The zero-order chi connectivity index (χ0) is 24.4. The molecule has 1 fully saturated rings. The van der Waals surface area contributed by atoms with Crippen molar-refractivity contribution in [2.45, 2.75) is 29.6 Å². The smallest absolute Gasteiger partial charge is 0.483 e. The number of carbonyl (C=O) groups is 1. The maximum atomic E-state index is 13.4. The number of sulfonamides is 1. The Hall–Kier alpha value is -2.70. The summed E-state index contributed by atoms with van der Waals surface area (Å²) in [5, 5.41) is 7.12. The van der Waals surface area contributed by atoms with Crippen LogP contribution in [0.1, 0.15) is 12.0 Å². The monoisotopic (exact) mass is 490 g/mol. The molecule has 1 atom stereocenters. The molecule has 2 heterocycles. The van der Waals surface area contributed by atoms with E-state index in [4.69, 9.17) is 14.6 Å². The Labute approximate surface area is 188 Å². The molecule has 33 heavy (non-hydrogen) atoms. The summed E-state index contributed by atoms with van der Waals surface area (Å²) < 4.78 is 78.3. The van der Waals surface area contributed by atoms with Crippen LogP contribution in [-0.2, 0) is 21.4 Å². The molecule has 1 saturated heterocycles. The van der Waals surface area contributed by atoms with Crippen LogP contribution < -0.4 is 4.74 Å². The van der Waals surface area contributed by atoms with Gasteiger partial charge >= 0.3 is 12.1 Å². The van der Waals surface area contributed by atoms with Gasteiger partial charge in [0.1, 0.15) is 22.1 Å². The maximum absolute atomic E-state index is 13.4. The number of rotatable bonds is 2. The van der Waals surface area contributed by atoms with Gasteiger partial charge in [-0.25, -0.2) is 17.6 Å². The number of para-hydroxylation sites is 1. The lowest BCUT2D eigenvalue weighted by molar-refractivity contribution is -0.192. The summed E-state index contributed by atoms with van der Waals surface area (Å²) in [7, 11) is -1.97. The van der Waals surface area contributed by atoms with Crippen LogP contribution in [0.2, 0.25) is 0 Å². The highest BCUT2D eigenvalue weighted by molar-refractivity contribution is 7.89. The van der Waals surface area contributed by atoms with E-state index in [1.54, 1.807) is 37.4 Å². The molecule has 0 bridgehead atoms. The summed E-state index contributed by atoms with van der Waals surface area (Å²) in [5.41, 5.74) is 0.305. The number of likely N-dealkylation sites (N-methyl/N-ethyl adjacent to an activating group) is 1. The summed E-state index contributed by atoms with van der Waals surface area (Å²) in [4.78, 5) is 11.3. The number of carboxylic acid groups (broad SMARTS) is 1. The Bertz CT molecular complexity index is 1130. The van der Waals surface area contributed by atoms with Crippen molar-refractivity contribution in [1.82, 2.24) is 9.21 Å². The fourth-order valence-electron chi connectivity index (χ4n) is 3.84. The Kier molecular flexibility index (Phi) is 7.01. The van der Waals surface area contributed by atoms with Crippen molar-refractivity contribution in [3.8, 4) is 5.75 Å². The van der Waals surface area contributed by atoms with E-state index in [9.17, 15) is 26.0 Å².